The zero-order chi connectivity index (χ0) is 29.6. The molecule has 0 saturated heterocycles. The molecule has 0 aliphatic rings. The quantitative estimate of drug-likeness (QED) is 0.172. The van der Waals surface area contributed by atoms with Crippen LogP contribution in [0.2, 0.25) is 0 Å². The zero-order valence-corrected chi connectivity index (χ0v) is 23.0. The summed E-state index contributed by atoms with van der Waals surface area (Å²) in [4.78, 5) is 34.6. The summed E-state index contributed by atoms with van der Waals surface area (Å²) in [7, 11) is 0. The molecule has 4 aromatic rings. The topological polar surface area (TPSA) is 130 Å². The van der Waals surface area contributed by atoms with Gasteiger partial charge in [0.15, 0.2) is 12.4 Å². The normalized spacial score (nSPS) is 10.4. The fraction of sp³-hybridized carbons (Fsp3) is 0.188. The number of aliphatic carboxylic acids is 1. The molecular weight excluding hydrogens is 536 g/mol. The van der Waals surface area contributed by atoms with Crippen molar-refractivity contribution < 1.29 is 33.5 Å². The van der Waals surface area contributed by atoms with Crippen molar-refractivity contribution in [1.29, 1.82) is 0 Å². The van der Waals surface area contributed by atoms with Crippen LogP contribution in [-0.2, 0) is 29.2 Å². The van der Waals surface area contributed by atoms with Gasteiger partial charge >= 0.3 is 18.1 Å². The van der Waals surface area contributed by atoms with Crippen LogP contribution >= 0.6 is 0 Å². The second-order valence-electron chi connectivity index (χ2n) is 9.31. The Kier molecular flexibility index (Phi) is 10.9. The van der Waals surface area contributed by atoms with Gasteiger partial charge < -0.3 is 30.5 Å². The molecule has 10 heteroatoms. The lowest BCUT2D eigenvalue weighted by Crippen LogP contribution is -2.39. The number of ether oxygens (including phenoxy) is 2. The van der Waals surface area contributed by atoms with Crippen LogP contribution in [0.25, 0.3) is 11.1 Å². The minimum Gasteiger partial charge on any atom is -0.493 e. The average molecular weight is 570 g/mol. The smallest absolute Gasteiger partial charge is 0.412 e. The molecule has 0 unspecified atom stereocenters. The Morgan fingerprint density at radius 3 is 2.38 bits per heavy atom. The number of pyridine rings is 1. The monoisotopic (exact) mass is 569 g/mol. The summed E-state index contributed by atoms with van der Waals surface area (Å²) in [6, 6.07) is 29.0. The van der Waals surface area contributed by atoms with Crippen LogP contribution in [-0.4, -0.2) is 36.4 Å². The molecule has 0 saturated carbocycles. The Bertz CT molecular complexity index is 1480. The van der Waals surface area contributed by atoms with Gasteiger partial charge in [0.05, 0.1) is 19.6 Å². The highest BCUT2D eigenvalue weighted by Crippen LogP contribution is 2.24. The third kappa shape index (κ3) is 9.67. The summed E-state index contributed by atoms with van der Waals surface area (Å²) in [5.74, 6) is -0.294. The van der Waals surface area contributed by atoms with Gasteiger partial charge in [0.1, 0.15) is 5.75 Å². The van der Waals surface area contributed by atoms with Crippen LogP contribution in [0.5, 0.6) is 5.75 Å². The number of benzene rings is 3. The van der Waals surface area contributed by atoms with E-state index in [1.165, 1.54) is 16.7 Å². The van der Waals surface area contributed by atoms with Crippen LogP contribution in [0.3, 0.4) is 0 Å². The van der Waals surface area contributed by atoms with Gasteiger partial charge in [-0.15, -0.1) is 0 Å². The van der Waals surface area contributed by atoms with Crippen LogP contribution in [0.15, 0.2) is 103 Å². The zero-order valence-electron chi connectivity index (χ0n) is 23.0. The van der Waals surface area contributed by atoms with Crippen molar-refractivity contribution in [1.82, 2.24) is 10.6 Å². The number of nitrogens with zero attached hydrogens (tertiary/aromatic N) is 1. The van der Waals surface area contributed by atoms with E-state index in [9.17, 15) is 14.4 Å². The number of hydrogen-bond donors (Lipinski definition) is 4. The first-order valence-corrected chi connectivity index (χ1v) is 13.5. The van der Waals surface area contributed by atoms with Gasteiger partial charge in [0.2, 0.25) is 0 Å². The molecule has 0 fully saturated rings. The summed E-state index contributed by atoms with van der Waals surface area (Å²) in [5.41, 5.74) is 5.01. The van der Waals surface area contributed by atoms with E-state index in [1.54, 1.807) is 35.2 Å². The number of amides is 3. The molecule has 4 rings (SSSR count). The first-order valence-electron chi connectivity index (χ1n) is 13.5. The van der Waals surface area contributed by atoms with Gasteiger partial charge in [-0.2, -0.15) is 4.57 Å². The number of rotatable bonds is 13. The Hall–Kier alpha value is -5.38. The summed E-state index contributed by atoms with van der Waals surface area (Å²) in [6.07, 6.45) is 3.30. The number of nitrogens with one attached hydrogen (secondary N) is 3. The molecule has 1 aromatic heterocycles. The summed E-state index contributed by atoms with van der Waals surface area (Å²) in [6.45, 7) is 0.697. The molecule has 0 radical (unpaired) electrons. The Labute approximate surface area is 243 Å². The van der Waals surface area contributed by atoms with Crippen molar-refractivity contribution >= 4 is 23.8 Å². The number of hydrogen-bond acceptors (Lipinski definition) is 5. The molecule has 3 amide bonds. The van der Waals surface area contributed by atoms with Crippen LogP contribution in [0.1, 0.15) is 17.5 Å². The van der Waals surface area contributed by atoms with Crippen molar-refractivity contribution in [3.8, 4) is 16.9 Å². The lowest BCUT2D eigenvalue weighted by Gasteiger charge is -2.12. The Morgan fingerprint density at radius 2 is 1.60 bits per heavy atom. The van der Waals surface area contributed by atoms with Gasteiger partial charge in [-0.05, 0) is 47.0 Å². The highest BCUT2D eigenvalue weighted by atomic mass is 16.6. The number of carboxylic acid groups (broad SMARTS) is 1. The predicted octanol–water partition coefficient (Wildman–Crippen LogP) is 4.74. The van der Waals surface area contributed by atoms with Gasteiger partial charge in [-0.1, -0.05) is 54.6 Å². The standard InChI is InChI=1S/C32H32N4O6/c37-30(38)16-18-33-32(40)42-23-36-19-6-7-24(22-36)21-34-31(39)35-27-12-14-28(15-13-27)41-20-17-26-10-4-5-11-29(26)25-8-2-1-3-9-25/h1-15,19,22H,16-18,20-21,23H2,(H3-,33,34,35,37,38,39,40)/p+1. The molecule has 4 N–H and O–H groups in total. The van der Waals surface area contributed by atoms with E-state index in [4.69, 9.17) is 14.6 Å². The number of carbonyl (C=O) groups is 3. The lowest BCUT2D eigenvalue weighted by molar-refractivity contribution is -0.727. The lowest BCUT2D eigenvalue weighted by atomic mass is 9.98. The molecule has 0 aliphatic heterocycles. The fourth-order valence-electron chi connectivity index (χ4n) is 4.13. The van der Waals surface area contributed by atoms with E-state index in [-0.39, 0.29) is 32.3 Å². The SMILES string of the molecule is O=C(O)CCNC(=O)OC[n+]1cccc(CNC(=O)Nc2ccc(OCCc3ccccc3-c3ccccc3)cc2)c1. The maximum atomic E-state index is 12.4. The first-order chi connectivity index (χ1) is 20.5. The van der Waals surface area contributed by atoms with Crippen LogP contribution < -0.4 is 25.3 Å². The van der Waals surface area contributed by atoms with E-state index in [0.717, 1.165) is 12.0 Å². The molecule has 42 heavy (non-hydrogen) atoms. The van der Waals surface area contributed by atoms with E-state index in [2.05, 4.69) is 40.2 Å². The van der Waals surface area contributed by atoms with Crippen molar-refractivity contribution in [2.45, 2.75) is 26.1 Å². The minimum absolute atomic E-state index is 0.0160. The maximum Gasteiger partial charge on any atom is 0.412 e. The summed E-state index contributed by atoms with van der Waals surface area (Å²) >= 11 is 0. The number of carbonyl (C=O) groups excluding carboxylic acids is 2. The largest absolute Gasteiger partial charge is 0.493 e. The molecule has 216 valence electrons. The molecule has 0 bridgehead atoms. The number of urea groups is 1. The summed E-state index contributed by atoms with van der Waals surface area (Å²) in [5, 5.41) is 16.6. The van der Waals surface area contributed by atoms with Gasteiger partial charge in [-0.25, -0.2) is 9.59 Å². The van der Waals surface area contributed by atoms with E-state index in [1.807, 2.05) is 48.5 Å². The maximum absolute atomic E-state index is 12.4. The minimum atomic E-state index is -1.01. The highest BCUT2D eigenvalue weighted by molar-refractivity contribution is 5.89. The second-order valence-corrected chi connectivity index (χ2v) is 9.31. The van der Waals surface area contributed by atoms with Crippen LogP contribution in [0, 0.1) is 0 Å². The van der Waals surface area contributed by atoms with Crippen LogP contribution in [0.4, 0.5) is 15.3 Å². The third-order valence-electron chi connectivity index (χ3n) is 6.18. The predicted molar refractivity (Wildman–Crippen MR) is 157 cm³/mol. The average Bonchev–Trinajstić information content (AvgIpc) is 3.01. The number of aromatic nitrogens is 1. The molecule has 0 aliphatic carbocycles. The Morgan fingerprint density at radius 1 is 0.833 bits per heavy atom. The van der Waals surface area contributed by atoms with Gasteiger partial charge in [0.25, 0.3) is 6.73 Å². The number of anilines is 1. The van der Waals surface area contributed by atoms with Gasteiger partial charge in [-0.3, -0.25) is 4.79 Å². The molecule has 0 atom stereocenters. The summed E-state index contributed by atoms with van der Waals surface area (Å²) < 4.78 is 12.6. The molecule has 10 nitrogen and oxygen atoms in total. The van der Waals surface area contributed by atoms with Crippen molar-refractivity contribution in [3.05, 3.63) is 115 Å². The molecule has 0 spiro atoms. The van der Waals surface area contributed by atoms with Gasteiger partial charge in [0, 0.05) is 30.3 Å². The van der Waals surface area contributed by atoms with E-state index in [0.29, 0.717) is 18.0 Å². The Balaban J connectivity index is 1.18. The van der Waals surface area contributed by atoms with Crippen molar-refractivity contribution in [2.24, 2.45) is 0 Å². The van der Waals surface area contributed by atoms with Crippen molar-refractivity contribution in [2.75, 3.05) is 18.5 Å². The first kappa shape index (κ1) is 29.6. The fourth-order valence-corrected chi connectivity index (χ4v) is 4.13. The number of alkyl carbamates (subject to hydrolysis) is 1. The third-order valence-corrected chi connectivity index (χ3v) is 6.18. The molecular formula is C32H33N4O6+. The molecule has 3 aromatic carbocycles. The van der Waals surface area contributed by atoms with E-state index >= 15 is 0 Å². The molecule has 1 heterocycles. The highest BCUT2D eigenvalue weighted by Gasteiger charge is 2.10. The van der Waals surface area contributed by atoms with E-state index < -0.39 is 12.1 Å². The number of carboxylic acids is 1. The van der Waals surface area contributed by atoms with Crippen molar-refractivity contribution in [3.63, 3.8) is 0 Å². The second kappa shape index (κ2) is 15.4.